The van der Waals surface area contributed by atoms with Crippen LogP contribution in [0.5, 0.6) is 5.75 Å². The van der Waals surface area contributed by atoms with E-state index in [0.29, 0.717) is 12.5 Å². The van der Waals surface area contributed by atoms with Crippen molar-refractivity contribution < 1.29 is 17.9 Å². The standard InChI is InChI=1S/C23H21F3N4O/c24-23(25,26)31-19-9-8-15-10-11-30(14-17(15)12-19)21-13-20(27-18-4-2-1-3-5-18)28-22(29-21)16-6-7-16/h1-5,8-9,12-13,16H,6-7,10-11,14H2,(H,27,28,29). The maximum absolute atomic E-state index is 12.6. The van der Waals surface area contributed by atoms with Crippen LogP contribution in [0.1, 0.15) is 35.7 Å². The van der Waals surface area contributed by atoms with Gasteiger partial charge < -0.3 is 15.0 Å². The molecule has 0 atom stereocenters. The molecular weight excluding hydrogens is 405 g/mol. The molecule has 160 valence electrons. The van der Waals surface area contributed by atoms with E-state index < -0.39 is 6.36 Å². The fourth-order valence-electron chi connectivity index (χ4n) is 3.80. The van der Waals surface area contributed by atoms with Gasteiger partial charge in [-0.3, -0.25) is 0 Å². The molecule has 0 spiro atoms. The number of fused-ring (bicyclic) bond motifs is 1. The lowest BCUT2D eigenvalue weighted by atomic mass is 9.99. The van der Waals surface area contributed by atoms with Crippen LogP contribution in [-0.4, -0.2) is 22.9 Å². The molecule has 2 aromatic carbocycles. The van der Waals surface area contributed by atoms with Gasteiger partial charge in [-0.25, -0.2) is 9.97 Å². The summed E-state index contributed by atoms with van der Waals surface area (Å²) in [5, 5.41) is 3.34. The Morgan fingerprint density at radius 2 is 1.77 bits per heavy atom. The van der Waals surface area contributed by atoms with Crippen LogP contribution < -0.4 is 15.0 Å². The topological polar surface area (TPSA) is 50.3 Å². The molecule has 1 aliphatic heterocycles. The molecule has 0 bridgehead atoms. The fraction of sp³-hybridized carbons (Fsp3) is 0.304. The van der Waals surface area contributed by atoms with Gasteiger partial charge in [0.25, 0.3) is 0 Å². The van der Waals surface area contributed by atoms with Crippen LogP contribution in [0.15, 0.2) is 54.6 Å². The molecule has 0 unspecified atom stereocenters. The van der Waals surface area contributed by atoms with Gasteiger partial charge in [-0.1, -0.05) is 24.3 Å². The Balaban J connectivity index is 1.42. The Labute approximate surface area is 177 Å². The Hall–Kier alpha value is -3.29. The predicted molar refractivity (Wildman–Crippen MR) is 112 cm³/mol. The van der Waals surface area contributed by atoms with Crippen molar-refractivity contribution in [3.8, 4) is 5.75 Å². The zero-order valence-electron chi connectivity index (χ0n) is 16.7. The maximum Gasteiger partial charge on any atom is 0.573 e. The molecule has 2 aliphatic rings. The number of nitrogens with zero attached hydrogens (tertiary/aromatic N) is 3. The summed E-state index contributed by atoms with van der Waals surface area (Å²) in [7, 11) is 0. The molecular formula is C23H21F3N4O. The largest absolute Gasteiger partial charge is 0.573 e. The third-order valence-electron chi connectivity index (χ3n) is 5.47. The molecule has 5 rings (SSSR count). The van der Waals surface area contributed by atoms with E-state index in [1.807, 2.05) is 36.4 Å². The van der Waals surface area contributed by atoms with Crippen LogP contribution in [-0.2, 0) is 13.0 Å². The number of halogens is 3. The van der Waals surface area contributed by atoms with E-state index in [1.54, 1.807) is 6.07 Å². The third-order valence-corrected chi connectivity index (χ3v) is 5.47. The first kappa shape index (κ1) is 19.7. The summed E-state index contributed by atoms with van der Waals surface area (Å²) in [6, 6.07) is 16.3. The first-order valence-electron chi connectivity index (χ1n) is 10.3. The highest BCUT2D eigenvalue weighted by molar-refractivity contribution is 5.60. The molecule has 8 heteroatoms. The molecule has 3 aromatic rings. The van der Waals surface area contributed by atoms with E-state index in [1.165, 1.54) is 12.1 Å². The molecule has 1 aromatic heterocycles. The maximum atomic E-state index is 12.6. The van der Waals surface area contributed by atoms with Crippen LogP contribution in [0.4, 0.5) is 30.5 Å². The summed E-state index contributed by atoms with van der Waals surface area (Å²) in [6.07, 6.45) is -1.82. The van der Waals surface area contributed by atoms with E-state index in [2.05, 4.69) is 15.0 Å². The molecule has 0 amide bonds. The number of hydrogen-bond acceptors (Lipinski definition) is 5. The SMILES string of the molecule is FC(F)(F)Oc1ccc2c(c1)CN(c1cc(Nc3ccccc3)nc(C3CC3)n1)CC2. The second-order valence-corrected chi connectivity index (χ2v) is 7.88. The Morgan fingerprint density at radius 3 is 2.52 bits per heavy atom. The van der Waals surface area contributed by atoms with Gasteiger partial charge in [-0.15, -0.1) is 13.2 Å². The van der Waals surface area contributed by atoms with Crippen LogP contribution >= 0.6 is 0 Å². The van der Waals surface area contributed by atoms with Crippen molar-refractivity contribution in [2.45, 2.75) is 38.1 Å². The number of nitrogens with one attached hydrogen (secondary N) is 1. The zero-order chi connectivity index (χ0) is 21.4. The highest BCUT2D eigenvalue weighted by Gasteiger charge is 2.32. The Kier molecular flexibility index (Phi) is 4.92. The smallest absolute Gasteiger partial charge is 0.406 e. The normalized spacial score (nSPS) is 16.0. The lowest BCUT2D eigenvalue weighted by Gasteiger charge is -2.30. The summed E-state index contributed by atoms with van der Waals surface area (Å²) in [5.74, 6) is 2.50. The van der Waals surface area contributed by atoms with Gasteiger partial charge in [0.1, 0.15) is 23.2 Å². The van der Waals surface area contributed by atoms with Crippen LogP contribution in [0, 0.1) is 0 Å². The number of ether oxygens (including phenoxy) is 1. The Bertz CT molecular complexity index is 1080. The number of rotatable bonds is 5. The molecule has 31 heavy (non-hydrogen) atoms. The van der Waals surface area contributed by atoms with Gasteiger partial charge in [-0.05, 0) is 54.7 Å². The lowest BCUT2D eigenvalue weighted by Crippen LogP contribution is -2.31. The average molecular weight is 426 g/mol. The second-order valence-electron chi connectivity index (χ2n) is 7.88. The van der Waals surface area contributed by atoms with E-state index in [9.17, 15) is 13.2 Å². The van der Waals surface area contributed by atoms with Crippen LogP contribution in [0.25, 0.3) is 0 Å². The van der Waals surface area contributed by atoms with Crippen molar-refractivity contribution in [2.24, 2.45) is 0 Å². The second kappa shape index (κ2) is 7.76. The van der Waals surface area contributed by atoms with E-state index in [4.69, 9.17) is 9.97 Å². The minimum Gasteiger partial charge on any atom is -0.406 e. The number of aromatic nitrogens is 2. The average Bonchev–Trinajstić information content (AvgIpc) is 3.58. The van der Waals surface area contributed by atoms with Gasteiger partial charge >= 0.3 is 6.36 Å². The van der Waals surface area contributed by atoms with Crippen molar-refractivity contribution in [1.29, 1.82) is 0 Å². The highest BCUT2D eigenvalue weighted by Crippen LogP contribution is 2.40. The number of para-hydroxylation sites is 1. The monoisotopic (exact) mass is 426 g/mol. The molecule has 5 nitrogen and oxygen atoms in total. The van der Waals surface area contributed by atoms with E-state index in [0.717, 1.165) is 60.1 Å². The van der Waals surface area contributed by atoms with Gasteiger partial charge in [0, 0.05) is 30.8 Å². The van der Waals surface area contributed by atoms with Gasteiger partial charge in [0.05, 0.1) is 0 Å². The highest BCUT2D eigenvalue weighted by atomic mass is 19.4. The summed E-state index contributed by atoms with van der Waals surface area (Å²) >= 11 is 0. The minimum absolute atomic E-state index is 0.194. The van der Waals surface area contributed by atoms with Crippen molar-refractivity contribution in [3.05, 3.63) is 71.5 Å². The first-order chi connectivity index (χ1) is 14.9. The van der Waals surface area contributed by atoms with E-state index >= 15 is 0 Å². The molecule has 1 N–H and O–H groups in total. The minimum atomic E-state index is -4.70. The summed E-state index contributed by atoms with van der Waals surface area (Å²) in [5.41, 5.74) is 2.79. The molecule has 1 fully saturated rings. The number of hydrogen-bond donors (Lipinski definition) is 1. The van der Waals surface area contributed by atoms with Crippen LogP contribution in [0.3, 0.4) is 0 Å². The van der Waals surface area contributed by atoms with Crippen molar-refractivity contribution in [1.82, 2.24) is 9.97 Å². The van der Waals surface area contributed by atoms with Gasteiger partial charge in [0.15, 0.2) is 0 Å². The number of benzene rings is 2. The van der Waals surface area contributed by atoms with Crippen molar-refractivity contribution in [2.75, 3.05) is 16.8 Å². The fourth-order valence-corrected chi connectivity index (χ4v) is 3.80. The Morgan fingerprint density at radius 1 is 0.968 bits per heavy atom. The summed E-state index contributed by atoms with van der Waals surface area (Å²) in [6.45, 7) is 1.20. The number of alkyl halides is 3. The number of anilines is 3. The van der Waals surface area contributed by atoms with Crippen molar-refractivity contribution in [3.63, 3.8) is 0 Å². The quantitative estimate of drug-likeness (QED) is 0.579. The molecule has 1 aliphatic carbocycles. The lowest BCUT2D eigenvalue weighted by molar-refractivity contribution is -0.274. The summed E-state index contributed by atoms with van der Waals surface area (Å²) in [4.78, 5) is 11.6. The zero-order valence-corrected chi connectivity index (χ0v) is 16.7. The van der Waals surface area contributed by atoms with Gasteiger partial charge in [-0.2, -0.15) is 0 Å². The first-order valence-corrected chi connectivity index (χ1v) is 10.3. The molecule has 1 saturated carbocycles. The summed E-state index contributed by atoms with van der Waals surface area (Å²) < 4.78 is 41.9. The third kappa shape index (κ3) is 4.73. The van der Waals surface area contributed by atoms with E-state index in [-0.39, 0.29) is 5.75 Å². The van der Waals surface area contributed by atoms with Crippen LogP contribution in [0.2, 0.25) is 0 Å². The predicted octanol–water partition coefficient (Wildman–Crippen LogP) is 5.56. The molecule has 2 heterocycles. The van der Waals surface area contributed by atoms with Crippen molar-refractivity contribution >= 4 is 17.3 Å². The molecule has 0 radical (unpaired) electrons. The molecule has 0 saturated heterocycles. The van der Waals surface area contributed by atoms with Gasteiger partial charge in [0.2, 0.25) is 0 Å².